The molecule has 0 bridgehead atoms. The molecule has 2 fully saturated rings. The van der Waals surface area contributed by atoms with E-state index in [2.05, 4.69) is 0 Å². The van der Waals surface area contributed by atoms with Gasteiger partial charge in [-0.2, -0.15) is 0 Å². The van der Waals surface area contributed by atoms with Crippen LogP contribution in [-0.4, -0.2) is 22.2 Å². The molecule has 2 saturated carbocycles. The third kappa shape index (κ3) is 5.72. The quantitative estimate of drug-likeness (QED) is 0.428. The molecule has 2 N–H and O–H groups in total. The summed E-state index contributed by atoms with van der Waals surface area (Å²) in [5, 5.41) is 19.2. The van der Waals surface area contributed by atoms with Gasteiger partial charge >= 0.3 is 11.9 Å². The second kappa shape index (κ2) is 10.3. The van der Waals surface area contributed by atoms with Crippen LogP contribution < -0.4 is 0 Å². The number of unbranched alkanes of at least 4 members (excludes halogenated alkanes) is 5. The van der Waals surface area contributed by atoms with Gasteiger partial charge in [0.1, 0.15) is 0 Å². The van der Waals surface area contributed by atoms with Gasteiger partial charge in [-0.05, 0) is 38.5 Å². The summed E-state index contributed by atoms with van der Waals surface area (Å²) in [4.78, 5) is 23.3. The number of aliphatic carboxylic acids is 2. The van der Waals surface area contributed by atoms with E-state index in [0.717, 1.165) is 103 Å². The molecule has 2 rings (SSSR count). The molecule has 0 atom stereocenters. The van der Waals surface area contributed by atoms with Gasteiger partial charge in [-0.3, -0.25) is 9.59 Å². The molecular formula is C22H38O4. The van der Waals surface area contributed by atoms with E-state index in [-0.39, 0.29) is 0 Å². The number of hydrogen-bond acceptors (Lipinski definition) is 2. The summed E-state index contributed by atoms with van der Waals surface area (Å²) in [5.41, 5.74) is -0.875. The van der Waals surface area contributed by atoms with E-state index in [4.69, 9.17) is 0 Å². The highest BCUT2D eigenvalue weighted by Crippen LogP contribution is 2.42. The van der Waals surface area contributed by atoms with Crippen LogP contribution in [0.4, 0.5) is 0 Å². The summed E-state index contributed by atoms with van der Waals surface area (Å²) in [5.74, 6) is -1.16. The molecule has 0 aromatic rings. The first-order valence-electron chi connectivity index (χ1n) is 11.0. The lowest BCUT2D eigenvalue weighted by Gasteiger charge is -2.33. The third-order valence-corrected chi connectivity index (χ3v) is 7.09. The van der Waals surface area contributed by atoms with Crippen molar-refractivity contribution in [3.05, 3.63) is 0 Å². The molecule has 0 spiro atoms. The minimum atomic E-state index is -0.580. The molecule has 0 amide bonds. The molecule has 26 heavy (non-hydrogen) atoms. The first-order chi connectivity index (χ1) is 12.5. The Bertz CT molecular complexity index is 403. The Balaban J connectivity index is 1.57. The zero-order valence-electron chi connectivity index (χ0n) is 16.4. The van der Waals surface area contributed by atoms with Crippen molar-refractivity contribution in [2.24, 2.45) is 10.8 Å². The first kappa shape index (κ1) is 21.2. The topological polar surface area (TPSA) is 74.6 Å². The van der Waals surface area contributed by atoms with Gasteiger partial charge in [0, 0.05) is 0 Å². The maximum absolute atomic E-state index is 11.7. The van der Waals surface area contributed by atoms with Crippen molar-refractivity contribution in [1.82, 2.24) is 0 Å². The van der Waals surface area contributed by atoms with E-state index < -0.39 is 22.8 Å². The SMILES string of the molecule is O=C(O)C1(CCCCCCCCC2(C(=O)O)CCCCC2)CCCCC1. The number of carboxylic acids is 2. The largest absolute Gasteiger partial charge is 0.481 e. The number of carboxylic acid groups (broad SMARTS) is 2. The van der Waals surface area contributed by atoms with Crippen molar-refractivity contribution in [3.63, 3.8) is 0 Å². The van der Waals surface area contributed by atoms with Crippen LogP contribution >= 0.6 is 0 Å². The molecule has 0 saturated heterocycles. The van der Waals surface area contributed by atoms with Crippen LogP contribution in [0, 0.1) is 10.8 Å². The number of hydrogen-bond donors (Lipinski definition) is 2. The lowest BCUT2D eigenvalue weighted by atomic mass is 9.70. The van der Waals surface area contributed by atoms with Crippen molar-refractivity contribution >= 4 is 11.9 Å². The summed E-state index contributed by atoms with van der Waals surface area (Å²) < 4.78 is 0. The molecule has 2 aliphatic rings. The Morgan fingerprint density at radius 1 is 0.538 bits per heavy atom. The zero-order valence-corrected chi connectivity index (χ0v) is 16.4. The van der Waals surface area contributed by atoms with Crippen LogP contribution in [0.3, 0.4) is 0 Å². The molecule has 0 heterocycles. The highest BCUT2D eigenvalue weighted by Gasteiger charge is 2.39. The van der Waals surface area contributed by atoms with Gasteiger partial charge in [0.25, 0.3) is 0 Å². The fourth-order valence-corrected chi connectivity index (χ4v) is 5.23. The summed E-state index contributed by atoms with van der Waals surface area (Å²) in [6.45, 7) is 0. The van der Waals surface area contributed by atoms with Gasteiger partial charge in [0.2, 0.25) is 0 Å². The zero-order chi connectivity index (χ0) is 18.9. The van der Waals surface area contributed by atoms with Gasteiger partial charge in [-0.25, -0.2) is 0 Å². The average molecular weight is 367 g/mol. The molecule has 2 aliphatic carbocycles. The lowest BCUT2D eigenvalue weighted by molar-refractivity contribution is -0.152. The number of carbonyl (C=O) groups is 2. The van der Waals surface area contributed by atoms with E-state index >= 15 is 0 Å². The fourth-order valence-electron chi connectivity index (χ4n) is 5.23. The van der Waals surface area contributed by atoms with Crippen molar-refractivity contribution in [2.45, 2.75) is 116 Å². The van der Waals surface area contributed by atoms with Gasteiger partial charge in [-0.1, -0.05) is 77.0 Å². The van der Waals surface area contributed by atoms with Crippen LogP contribution in [0.25, 0.3) is 0 Å². The Kier molecular flexibility index (Phi) is 8.43. The van der Waals surface area contributed by atoms with E-state index in [1.807, 2.05) is 0 Å². The molecule has 0 aliphatic heterocycles. The van der Waals surface area contributed by atoms with Crippen molar-refractivity contribution in [1.29, 1.82) is 0 Å². The van der Waals surface area contributed by atoms with E-state index in [1.54, 1.807) is 0 Å². The Hall–Kier alpha value is -1.06. The predicted molar refractivity (Wildman–Crippen MR) is 103 cm³/mol. The second-order valence-electron chi connectivity index (χ2n) is 8.91. The van der Waals surface area contributed by atoms with Gasteiger partial charge in [0.15, 0.2) is 0 Å². The van der Waals surface area contributed by atoms with Gasteiger partial charge in [0.05, 0.1) is 10.8 Å². The molecule has 4 nitrogen and oxygen atoms in total. The summed E-state index contributed by atoms with van der Waals surface area (Å²) in [6.07, 6.45) is 18.3. The average Bonchev–Trinajstić information content (AvgIpc) is 2.65. The van der Waals surface area contributed by atoms with Crippen LogP contribution in [0.15, 0.2) is 0 Å². The molecular weight excluding hydrogens is 328 g/mol. The Morgan fingerprint density at radius 3 is 1.15 bits per heavy atom. The van der Waals surface area contributed by atoms with Crippen LogP contribution in [0.5, 0.6) is 0 Å². The Labute approximate surface area is 158 Å². The molecule has 150 valence electrons. The van der Waals surface area contributed by atoms with Gasteiger partial charge < -0.3 is 10.2 Å². The standard InChI is InChI=1S/C22H38O4/c23-19(24)21(15-9-5-10-16-21)13-7-3-1-2-4-8-14-22(20(25)26)17-11-6-12-18-22/h1-18H2,(H,23,24)(H,25,26). The predicted octanol–water partition coefficient (Wildman–Crippen LogP) is 6.18. The smallest absolute Gasteiger partial charge is 0.309 e. The van der Waals surface area contributed by atoms with Crippen molar-refractivity contribution < 1.29 is 19.8 Å². The third-order valence-electron chi connectivity index (χ3n) is 7.09. The summed E-state index contributed by atoms with van der Waals surface area (Å²) in [7, 11) is 0. The van der Waals surface area contributed by atoms with Crippen LogP contribution in [0.2, 0.25) is 0 Å². The second-order valence-corrected chi connectivity index (χ2v) is 8.91. The van der Waals surface area contributed by atoms with Crippen LogP contribution in [0.1, 0.15) is 116 Å². The highest BCUT2D eigenvalue weighted by molar-refractivity contribution is 5.75. The van der Waals surface area contributed by atoms with Crippen molar-refractivity contribution in [3.8, 4) is 0 Å². The van der Waals surface area contributed by atoms with E-state index in [9.17, 15) is 19.8 Å². The summed E-state index contributed by atoms with van der Waals surface area (Å²) >= 11 is 0. The van der Waals surface area contributed by atoms with Gasteiger partial charge in [-0.15, -0.1) is 0 Å². The van der Waals surface area contributed by atoms with Crippen molar-refractivity contribution in [2.75, 3.05) is 0 Å². The molecule has 0 unspecified atom stereocenters. The summed E-state index contributed by atoms with van der Waals surface area (Å²) in [6, 6.07) is 0. The van der Waals surface area contributed by atoms with Crippen LogP contribution in [-0.2, 0) is 9.59 Å². The monoisotopic (exact) mass is 366 g/mol. The first-order valence-corrected chi connectivity index (χ1v) is 11.0. The minimum Gasteiger partial charge on any atom is -0.481 e. The lowest BCUT2D eigenvalue weighted by Crippen LogP contribution is -2.33. The molecule has 4 heteroatoms. The maximum Gasteiger partial charge on any atom is 0.309 e. The number of rotatable bonds is 11. The molecule has 0 radical (unpaired) electrons. The Morgan fingerprint density at radius 2 is 0.846 bits per heavy atom. The molecule has 0 aromatic carbocycles. The van der Waals surface area contributed by atoms with E-state index in [1.165, 1.54) is 12.8 Å². The fraction of sp³-hybridized carbons (Fsp3) is 0.909. The maximum atomic E-state index is 11.7. The minimum absolute atomic E-state index is 0.437. The molecule has 0 aromatic heterocycles. The van der Waals surface area contributed by atoms with E-state index in [0.29, 0.717) is 0 Å². The normalized spacial score (nSPS) is 22.0. The highest BCUT2D eigenvalue weighted by atomic mass is 16.4.